The molecule has 1 aromatic carbocycles. The first-order valence-corrected chi connectivity index (χ1v) is 7.80. The molecule has 21 heavy (non-hydrogen) atoms. The summed E-state index contributed by atoms with van der Waals surface area (Å²) in [6, 6.07) is 9.57. The molecule has 0 radical (unpaired) electrons. The molecule has 3 heteroatoms. The summed E-state index contributed by atoms with van der Waals surface area (Å²) >= 11 is 0. The first kappa shape index (κ1) is 14.3. The summed E-state index contributed by atoms with van der Waals surface area (Å²) in [7, 11) is 1.99. The van der Waals surface area contributed by atoms with Crippen molar-refractivity contribution in [1.29, 1.82) is 0 Å². The van der Waals surface area contributed by atoms with Crippen molar-refractivity contribution in [2.75, 3.05) is 0 Å². The molecule has 0 saturated heterocycles. The highest BCUT2D eigenvalue weighted by molar-refractivity contribution is 5.63. The molecule has 1 fully saturated rings. The van der Waals surface area contributed by atoms with E-state index in [0.717, 1.165) is 18.3 Å². The van der Waals surface area contributed by atoms with Gasteiger partial charge in [0, 0.05) is 37.0 Å². The van der Waals surface area contributed by atoms with Crippen LogP contribution in [-0.2, 0) is 19.0 Å². The van der Waals surface area contributed by atoms with Gasteiger partial charge in [-0.05, 0) is 23.8 Å². The van der Waals surface area contributed by atoms with E-state index in [1.54, 1.807) is 0 Å². The Hall–Kier alpha value is -1.61. The molecule has 0 bridgehead atoms. The Kier molecular flexibility index (Phi) is 3.62. The minimum absolute atomic E-state index is 0.193. The number of nitrogens with zero attached hydrogens (tertiary/aromatic N) is 2. The van der Waals surface area contributed by atoms with Crippen LogP contribution in [0.15, 0.2) is 30.5 Å². The van der Waals surface area contributed by atoms with Crippen molar-refractivity contribution in [2.45, 2.75) is 51.6 Å². The van der Waals surface area contributed by atoms with Gasteiger partial charge in [0.25, 0.3) is 0 Å². The van der Waals surface area contributed by atoms with Gasteiger partial charge >= 0.3 is 0 Å². The molecule has 1 heterocycles. The molecule has 1 saturated carbocycles. The zero-order valence-corrected chi connectivity index (χ0v) is 13.5. The van der Waals surface area contributed by atoms with Crippen molar-refractivity contribution in [3.8, 4) is 11.3 Å². The predicted octanol–water partition coefficient (Wildman–Crippen LogP) is 3.64. The molecule has 112 valence electrons. The van der Waals surface area contributed by atoms with Crippen LogP contribution in [0.1, 0.15) is 44.7 Å². The summed E-state index contributed by atoms with van der Waals surface area (Å²) in [6.07, 6.45) is 4.76. The quantitative estimate of drug-likeness (QED) is 0.928. The average Bonchev–Trinajstić information content (AvgIpc) is 3.18. The van der Waals surface area contributed by atoms with Gasteiger partial charge in [-0.25, -0.2) is 0 Å². The number of hydrogen-bond donors (Lipinski definition) is 1. The van der Waals surface area contributed by atoms with Crippen molar-refractivity contribution in [2.24, 2.45) is 7.05 Å². The standard InChI is InChI=1S/C18H25N3/c1-18(2,3)15-7-5-13(6-8-15)17-14(12-21(4)20-17)11-19-16-9-10-16/h5-8,12,16,19H,9-11H2,1-4H3. The molecule has 0 amide bonds. The van der Waals surface area contributed by atoms with E-state index in [9.17, 15) is 0 Å². The minimum atomic E-state index is 0.193. The number of benzene rings is 1. The van der Waals surface area contributed by atoms with E-state index in [1.807, 2.05) is 11.7 Å². The summed E-state index contributed by atoms with van der Waals surface area (Å²) in [5, 5.41) is 8.23. The Morgan fingerprint density at radius 1 is 1.19 bits per heavy atom. The molecule has 1 aliphatic rings. The van der Waals surface area contributed by atoms with Gasteiger partial charge in [0.1, 0.15) is 0 Å². The van der Waals surface area contributed by atoms with Gasteiger partial charge < -0.3 is 5.32 Å². The fourth-order valence-corrected chi connectivity index (χ4v) is 2.58. The van der Waals surface area contributed by atoms with Crippen LogP contribution in [0.3, 0.4) is 0 Å². The highest BCUT2D eigenvalue weighted by Crippen LogP contribution is 2.28. The summed E-state index contributed by atoms with van der Waals surface area (Å²) < 4.78 is 1.91. The van der Waals surface area contributed by atoms with Crippen LogP contribution in [0, 0.1) is 0 Å². The largest absolute Gasteiger partial charge is 0.310 e. The lowest BCUT2D eigenvalue weighted by Crippen LogP contribution is -2.15. The lowest BCUT2D eigenvalue weighted by molar-refractivity contribution is 0.590. The van der Waals surface area contributed by atoms with Crippen LogP contribution in [0.2, 0.25) is 0 Å². The SMILES string of the molecule is Cn1cc(CNC2CC2)c(-c2ccc(C(C)(C)C)cc2)n1. The molecule has 1 aromatic heterocycles. The minimum Gasteiger partial charge on any atom is -0.310 e. The third-order valence-corrected chi connectivity index (χ3v) is 4.09. The number of rotatable bonds is 4. The third kappa shape index (κ3) is 3.35. The second-order valence-electron chi connectivity index (χ2n) is 7.16. The monoisotopic (exact) mass is 283 g/mol. The lowest BCUT2D eigenvalue weighted by Gasteiger charge is -2.19. The van der Waals surface area contributed by atoms with Crippen LogP contribution in [0.4, 0.5) is 0 Å². The number of nitrogens with one attached hydrogen (secondary N) is 1. The molecular weight excluding hydrogens is 258 g/mol. The highest BCUT2D eigenvalue weighted by atomic mass is 15.3. The van der Waals surface area contributed by atoms with E-state index in [1.165, 1.54) is 29.5 Å². The molecular formula is C18H25N3. The Balaban J connectivity index is 1.85. The first-order valence-electron chi connectivity index (χ1n) is 7.80. The fourth-order valence-electron chi connectivity index (χ4n) is 2.58. The zero-order chi connectivity index (χ0) is 15.0. The maximum atomic E-state index is 4.65. The van der Waals surface area contributed by atoms with E-state index >= 15 is 0 Å². The summed E-state index contributed by atoms with van der Waals surface area (Å²) in [5.74, 6) is 0. The van der Waals surface area contributed by atoms with Crippen molar-refractivity contribution < 1.29 is 0 Å². The van der Waals surface area contributed by atoms with Gasteiger partial charge in [0.15, 0.2) is 0 Å². The van der Waals surface area contributed by atoms with Gasteiger partial charge in [-0.1, -0.05) is 45.0 Å². The number of aromatic nitrogens is 2. The highest BCUT2D eigenvalue weighted by Gasteiger charge is 2.21. The van der Waals surface area contributed by atoms with Crippen LogP contribution in [0.25, 0.3) is 11.3 Å². The first-order chi connectivity index (χ1) is 9.93. The molecule has 1 aliphatic carbocycles. The second-order valence-corrected chi connectivity index (χ2v) is 7.16. The smallest absolute Gasteiger partial charge is 0.0967 e. The Morgan fingerprint density at radius 2 is 1.86 bits per heavy atom. The predicted molar refractivity (Wildman–Crippen MR) is 87.2 cm³/mol. The molecule has 0 unspecified atom stereocenters. The van der Waals surface area contributed by atoms with E-state index in [-0.39, 0.29) is 5.41 Å². The van der Waals surface area contributed by atoms with Crippen LogP contribution in [0.5, 0.6) is 0 Å². The lowest BCUT2D eigenvalue weighted by atomic mass is 9.86. The maximum Gasteiger partial charge on any atom is 0.0967 e. The van der Waals surface area contributed by atoms with Gasteiger partial charge in [-0.3, -0.25) is 4.68 Å². The summed E-state index contributed by atoms with van der Waals surface area (Å²) in [5.41, 5.74) is 5.15. The molecule has 2 aromatic rings. The number of aryl methyl sites for hydroxylation is 1. The van der Waals surface area contributed by atoms with E-state index in [0.29, 0.717) is 0 Å². The molecule has 3 nitrogen and oxygen atoms in total. The van der Waals surface area contributed by atoms with Crippen LogP contribution >= 0.6 is 0 Å². The van der Waals surface area contributed by atoms with Gasteiger partial charge in [-0.15, -0.1) is 0 Å². The molecule has 0 atom stereocenters. The Bertz CT molecular complexity index is 613. The fraction of sp³-hybridized carbons (Fsp3) is 0.500. The van der Waals surface area contributed by atoms with E-state index < -0.39 is 0 Å². The second kappa shape index (κ2) is 5.30. The maximum absolute atomic E-state index is 4.65. The van der Waals surface area contributed by atoms with Gasteiger partial charge in [0.05, 0.1) is 5.69 Å². The van der Waals surface area contributed by atoms with Crippen molar-refractivity contribution in [3.05, 3.63) is 41.6 Å². The van der Waals surface area contributed by atoms with Gasteiger partial charge in [0.2, 0.25) is 0 Å². The van der Waals surface area contributed by atoms with Crippen LogP contribution in [-0.4, -0.2) is 15.8 Å². The molecule has 1 N–H and O–H groups in total. The zero-order valence-electron chi connectivity index (χ0n) is 13.5. The van der Waals surface area contributed by atoms with E-state index in [4.69, 9.17) is 0 Å². The van der Waals surface area contributed by atoms with Crippen molar-refractivity contribution in [1.82, 2.24) is 15.1 Å². The number of hydrogen-bond acceptors (Lipinski definition) is 2. The topological polar surface area (TPSA) is 29.9 Å². The van der Waals surface area contributed by atoms with Crippen LogP contribution < -0.4 is 5.32 Å². The molecule has 3 rings (SSSR count). The average molecular weight is 283 g/mol. The third-order valence-electron chi connectivity index (χ3n) is 4.09. The summed E-state index contributed by atoms with van der Waals surface area (Å²) in [6.45, 7) is 7.64. The molecule has 0 spiro atoms. The summed E-state index contributed by atoms with van der Waals surface area (Å²) in [4.78, 5) is 0. The van der Waals surface area contributed by atoms with Crippen molar-refractivity contribution >= 4 is 0 Å². The Morgan fingerprint density at radius 3 is 2.43 bits per heavy atom. The van der Waals surface area contributed by atoms with E-state index in [2.05, 4.69) is 61.6 Å². The van der Waals surface area contributed by atoms with Crippen molar-refractivity contribution in [3.63, 3.8) is 0 Å². The molecule has 0 aliphatic heterocycles. The van der Waals surface area contributed by atoms with Gasteiger partial charge in [-0.2, -0.15) is 5.10 Å². The Labute approximate surface area is 127 Å². The normalized spacial score (nSPS) is 15.4.